The van der Waals surface area contributed by atoms with Crippen LogP contribution < -0.4 is 10.6 Å². The molecule has 0 aromatic carbocycles. The highest BCUT2D eigenvalue weighted by Crippen LogP contribution is 2.15. The van der Waals surface area contributed by atoms with Gasteiger partial charge in [0.05, 0.1) is 35.3 Å². The molecule has 0 aliphatic heterocycles. The molecule has 0 bridgehead atoms. The Morgan fingerprint density at radius 3 is 1.38 bits per heavy atom. The number of amides is 2. The molecule has 0 saturated carbocycles. The quantitative estimate of drug-likeness (QED) is 0.135. The maximum atomic E-state index is 12.4. The standard InChI is InChI=1S/C22H30N8O10/c1-25-11-15(29(37)38)9-17(25)21(35)23-3-5-27(13-19(31)32)7-8-28(14-20(33)34)6-4-24-22(36)18-10-16(30(39)40)12-26(18)2/h9-12H,3-8,13-14H2,1-2H3,(H,23,35)(H,24,36)(H,31,32)(H,33,34). The number of carboxylic acid groups (broad SMARTS) is 2. The Morgan fingerprint density at radius 2 is 1.10 bits per heavy atom. The molecule has 0 aliphatic carbocycles. The highest BCUT2D eigenvalue weighted by Gasteiger charge is 2.20. The van der Waals surface area contributed by atoms with E-state index in [4.69, 9.17) is 0 Å². The Morgan fingerprint density at radius 1 is 0.750 bits per heavy atom. The Kier molecular flexibility index (Phi) is 11.3. The topological polar surface area (TPSA) is 235 Å². The van der Waals surface area contributed by atoms with E-state index >= 15 is 0 Å². The van der Waals surface area contributed by atoms with E-state index in [1.54, 1.807) is 0 Å². The average Bonchev–Trinajstić information content (AvgIpc) is 3.44. The molecule has 4 N–H and O–H groups in total. The number of nitrogens with zero attached hydrogens (tertiary/aromatic N) is 6. The largest absolute Gasteiger partial charge is 0.480 e. The lowest BCUT2D eigenvalue weighted by atomic mass is 10.3. The van der Waals surface area contributed by atoms with Gasteiger partial charge in [0, 0.05) is 65.5 Å². The fraction of sp³-hybridized carbons (Fsp3) is 0.455. The van der Waals surface area contributed by atoms with Crippen molar-refractivity contribution in [2.24, 2.45) is 14.1 Å². The van der Waals surface area contributed by atoms with Gasteiger partial charge in [0.25, 0.3) is 23.2 Å². The maximum absolute atomic E-state index is 12.4. The molecular weight excluding hydrogens is 536 g/mol. The van der Waals surface area contributed by atoms with Crippen LogP contribution in [0.5, 0.6) is 0 Å². The lowest BCUT2D eigenvalue weighted by molar-refractivity contribution is -0.385. The van der Waals surface area contributed by atoms with Gasteiger partial charge in [-0.05, 0) is 0 Å². The van der Waals surface area contributed by atoms with E-state index in [0.717, 1.165) is 12.1 Å². The fourth-order valence-electron chi connectivity index (χ4n) is 3.79. The molecule has 2 amide bonds. The van der Waals surface area contributed by atoms with Crippen LogP contribution in [0.1, 0.15) is 21.0 Å². The molecule has 2 aromatic heterocycles. The van der Waals surface area contributed by atoms with Gasteiger partial charge in [0.2, 0.25) is 0 Å². The molecule has 0 atom stereocenters. The SMILES string of the molecule is Cn1cc([N+](=O)[O-])cc1C(=O)NCCN(CCN(CCNC(=O)c1cc([N+](=O)[O-])cn1C)CC(=O)O)CC(=O)O. The highest BCUT2D eigenvalue weighted by atomic mass is 16.6. The van der Waals surface area contributed by atoms with Crippen LogP contribution in [0.25, 0.3) is 0 Å². The van der Waals surface area contributed by atoms with Crippen molar-refractivity contribution in [3.8, 4) is 0 Å². The van der Waals surface area contributed by atoms with E-state index in [1.807, 2.05) is 0 Å². The van der Waals surface area contributed by atoms with Gasteiger partial charge in [0.15, 0.2) is 0 Å². The molecule has 2 heterocycles. The second-order valence-corrected chi connectivity index (χ2v) is 8.75. The number of carboxylic acids is 2. The third-order valence-electron chi connectivity index (χ3n) is 5.75. The van der Waals surface area contributed by atoms with Gasteiger partial charge >= 0.3 is 11.9 Å². The summed E-state index contributed by atoms with van der Waals surface area (Å²) < 4.78 is 2.59. The second kappa shape index (κ2) is 14.4. The lowest BCUT2D eigenvalue weighted by Gasteiger charge is -2.26. The average molecular weight is 567 g/mol. The molecular formula is C22H30N8O10. The van der Waals surface area contributed by atoms with Crippen LogP contribution in [0, 0.1) is 20.2 Å². The monoisotopic (exact) mass is 566 g/mol. The molecule has 218 valence electrons. The van der Waals surface area contributed by atoms with Crippen molar-refractivity contribution in [1.82, 2.24) is 29.6 Å². The summed E-state index contributed by atoms with van der Waals surface area (Å²) in [5.41, 5.74) is -0.396. The van der Waals surface area contributed by atoms with Crippen LogP contribution >= 0.6 is 0 Å². The second-order valence-electron chi connectivity index (χ2n) is 8.75. The molecule has 0 radical (unpaired) electrons. The zero-order valence-corrected chi connectivity index (χ0v) is 21.8. The Balaban J connectivity index is 1.91. The Bertz CT molecular complexity index is 1170. The van der Waals surface area contributed by atoms with Gasteiger partial charge in [-0.15, -0.1) is 0 Å². The van der Waals surface area contributed by atoms with Crippen LogP contribution in [-0.4, -0.2) is 115 Å². The van der Waals surface area contributed by atoms with Crippen molar-refractivity contribution in [3.63, 3.8) is 0 Å². The molecule has 40 heavy (non-hydrogen) atoms. The molecule has 18 heteroatoms. The first-order valence-electron chi connectivity index (χ1n) is 11.8. The summed E-state index contributed by atoms with van der Waals surface area (Å²) in [6.45, 7) is -0.342. The molecule has 0 unspecified atom stereocenters. The number of carbonyl (C=O) groups is 4. The van der Waals surface area contributed by atoms with E-state index in [1.165, 1.54) is 45.4 Å². The number of nitrogens with one attached hydrogen (secondary N) is 2. The zero-order chi connectivity index (χ0) is 30.0. The predicted molar refractivity (Wildman–Crippen MR) is 137 cm³/mol. The summed E-state index contributed by atoms with van der Waals surface area (Å²) in [5.74, 6) is -3.45. The number of aromatic nitrogens is 2. The van der Waals surface area contributed by atoms with Crippen molar-refractivity contribution < 1.29 is 39.2 Å². The van der Waals surface area contributed by atoms with Gasteiger partial charge in [-0.25, -0.2) is 0 Å². The number of nitro groups is 2. The van der Waals surface area contributed by atoms with Crippen molar-refractivity contribution >= 4 is 35.1 Å². The first-order chi connectivity index (χ1) is 18.8. The summed E-state index contributed by atoms with van der Waals surface area (Å²) in [5, 5.41) is 45.4. The van der Waals surface area contributed by atoms with Crippen LogP contribution in [0.4, 0.5) is 11.4 Å². The van der Waals surface area contributed by atoms with Gasteiger partial charge in [0.1, 0.15) is 11.4 Å². The van der Waals surface area contributed by atoms with Gasteiger partial charge < -0.3 is 30.0 Å². The highest BCUT2D eigenvalue weighted by molar-refractivity contribution is 5.94. The van der Waals surface area contributed by atoms with Crippen molar-refractivity contribution in [2.75, 3.05) is 52.4 Å². The van der Waals surface area contributed by atoms with E-state index in [9.17, 15) is 49.6 Å². The molecule has 2 rings (SSSR count). The van der Waals surface area contributed by atoms with Gasteiger partial charge in [-0.1, -0.05) is 0 Å². The Hall–Kier alpha value is -4.84. The minimum absolute atomic E-state index is 0.0167. The zero-order valence-electron chi connectivity index (χ0n) is 21.8. The van der Waals surface area contributed by atoms with Crippen LogP contribution in [0.3, 0.4) is 0 Å². The molecule has 0 saturated heterocycles. The number of aryl methyl sites for hydroxylation is 2. The first kappa shape index (κ1) is 31.4. The Labute approximate surface area is 227 Å². The molecule has 0 spiro atoms. The van der Waals surface area contributed by atoms with Crippen LogP contribution in [0.2, 0.25) is 0 Å². The molecule has 0 fully saturated rings. The number of aliphatic carboxylic acids is 2. The summed E-state index contributed by atoms with van der Waals surface area (Å²) in [6, 6.07) is 2.23. The summed E-state index contributed by atoms with van der Waals surface area (Å²) >= 11 is 0. The predicted octanol–water partition coefficient (Wildman–Crippen LogP) is -0.887. The van der Waals surface area contributed by atoms with Gasteiger partial charge in [-0.3, -0.25) is 49.2 Å². The van der Waals surface area contributed by atoms with Crippen molar-refractivity contribution in [2.45, 2.75) is 0 Å². The van der Waals surface area contributed by atoms with E-state index in [-0.39, 0.29) is 62.0 Å². The van der Waals surface area contributed by atoms with E-state index < -0.39 is 46.7 Å². The summed E-state index contributed by atoms with van der Waals surface area (Å²) in [6.07, 6.45) is 2.38. The number of hydrogen-bond donors (Lipinski definition) is 4. The summed E-state index contributed by atoms with van der Waals surface area (Å²) in [4.78, 5) is 70.9. The van der Waals surface area contributed by atoms with Crippen LogP contribution in [0.15, 0.2) is 24.5 Å². The van der Waals surface area contributed by atoms with Crippen molar-refractivity contribution in [3.05, 3.63) is 56.1 Å². The van der Waals surface area contributed by atoms with Crippen LogP contribution in [-0.2, 0) is 23.7 Å². The fourth-order valence-corrected chi connectivity index (χ4v) is 3.79. The summed E-state index contributed by atoms with van der Waals surface area (Å²) in [7, 11) is 2.95. The number of rotatable bonds is 17. The van der Waals surface area contributed by atoms with Gasteiger partial charge in [-0.2, -0.15) is 0 Å². The number of carbonyl (C=O) groups excluding carboxylic acids is 2. The van der Waals surface area contributed by atoms with Crippen molar-refractivity contribution in [1.29, 1.82) is 0 Å². The molecule has 0 aliphatic rings. The third kappa shape index (κ3) is 9.48. The van der Waals surface area contributed by atoms with E-state index in [0.29, 0.717) is 0 Å². The third-order valence-corrected chi connectivity index (χ3v) is 5.75. The maximum Gasteiger partial charge on any atom is 0.317 e. The first-order valence-corrected chi connectivity index (χ1v) is 11.8. The smallest absolute Gasteiger partial charge is 0.317 e. The number of hydrogen-bond acceptors (Lipinski definition) is 10. The normalized spacial score (nSPS) is 11.0. The van der Waals surface area contributed by atoms with E-state index in [2.05, 4.69) is 10.6 Å². The minimum atomic E-state index is -1.14. The molecule has 2 aromatic rings. The molecule has 18 nitrogen and oxygen atoms in total. The minimum Gasteiger partial charge on any atom is -0.480 e. The lowest BCUT2D eigenvalue weighted by Crippen LogP contribution is -2.44.